The lowest BCUT2D eigenvalue weighted by molar-refractivity contribution is 0.0679. The van der Waals surface area contributed by atoms with E-state index in [0.717, 1.165) is 0 Å². The largest absolute Gasteiger partial charge is 0.330 e. The van der Waals surface area contributed by atoms with E-state index >= 15 is 0 Å². The van der Waals surface area contributed by atoms with E-state index in [4.69, 9.17) is 0 Å². The van der Waals surface area contributed by atoms with Gasteiger partial charge in [0.15, 0.2) is 9.84 Å². The Bertz CT molecular complexity index is 836. The summed E-state index contributed by atoms with van der Waals surface area (Å²) in [5, 5.41) is 0. The van der Waals surface area contributed by atoms with Crippen molar-refractivity contribution in [2.75, 3.05) is 11.5 Å². The Morgan fingerprint density at radius 3 is 2.38 bits per heavy atom. The highest BCUT2D eigenvalue weighted by atomic mass is 32.2. The standard InChI is InChI=1S/C18H18FNO3S/c19-17-9-5-4-8-15(17)12-20(16-10-11-24(22,23)13-16)18(21)14-6-2-1-3-7-14/h1-9,16H,10-13H2/t16-/m0/s1. The van der Waals surface area contributed by atoms with Crippen molar-refractivity contribution in [2.24, 2.45) is 0 Å². The highest BCUT2D eigenvalue weighted by molar-refractivity contribution is 7.91. The zero-order chi connectivity index (χ0) is 17.2. The molecule has 1 aliphatic heterocycles. The number of hydrogen-bond donors (Lipinski definition) is 0. The number of sulfone groups is 1. The second-order valence-corrected chi connectivity index (χ2v) is 8.18. The summed E-state index contributed by atoms with van der Waals surface area (Å²) in [4.78, 5) is 14.4. The van der Waals surface area contributed by atoms with Crippen LogP contribution >= 0.6 is 0 Å². The summed E-state index contributed by atoms with van der Waals surface area (Å²) in [6.45, 7) is 0.0561. The van der Waals surface area contributed by atoms with Crippen LogP contribution in [0.15, 0.2) is 54.6 Å². The first-order valence-corrected chi connectivity index (χ1v) is 9.58. The van der Waals surface area contributed by atoms with Crippen molar-refractivity contribution in [2.45, 2.75) is 19.0 Å². The number of halogens is 1. The van der Waals surface area contributed by atoms with Crippen molar-refractivity contribution in [3.8, 4) is 0 Å². The molecule has 126 valence electrons. The normalized spacial score (nSPS) is 19.1. The summed E-state index contributed by atoms with van der Waals surface area (Å²) in [5.41, 5.74) is 0.851. The van der Waals surface area contributed by atoms with Crippen LogP contribution in [0, 0.1) is 5.82 Å². The van der Waals surface area contributed by atoms with Crippen molar-refractivity contribution < 1.29 is 17.6 Å². The number of benzene rings is 2. The molecule has 0 saturated carbocycles. The Labute approximate surface area is 140 Å². The molecule has 1 fully saturated rings. The lowest BCUT2D eigenvalue weighted by atomic mass is 10.1. The Morgan fingerprint density at radius 2 is 1.75 bits per heavy atom. The van der Waals surface area contributed by atoms with E-state index in [2.05, 4.69) is 0 Å². The molecule has 0 aliphatic carbocycles. The highest BCUT2D eigenvalue weighted by Crippen LogP contribution is 2.23. The first-order chi connectivity index (χ1) is 11.5. The summed E-state index contributed by atoms with van der Waals surface area (Å²) >= 11 is 0. The van der Waals surface area contributed by atoms with E-state index < -0.39 is 21.7 Å². The first-order valence-electron chi connectivity index (χ1n) is 7.76. The van der Waals surface area contributed by atoms with Crippen LogP contribution in [0.2, 0.25) is 0 Å². The van der Waals surface area contributed by atoms with Gasteiger partial charge in [-0.3, -0.25) is 4.79 Å². The monoisotopic (exact) mass is 347 g/mol. The molecule has 1 aliphatic rings. The Morgan fingerprint density at radius 1 is 1.08 bits per heavy atom. The van der Waals surface area contributed by atoms with Gasteiger partial charge in [0.25, 0.3) is 5.91 Å². The number of hydrogen-bond acceptors (Lipinski definition) is 3. The van der Waals surface area contributed by atoms with Gasteiger partial charge >= 0.3 is 0 Å². The van der Waals surface area contributed by atoms with E-state index in [9.17, 15) is 17.6 Å². The van der Waals surface area contributed by atoms with Gasteiger partial charge in [-0.2, -0.15) is 0 Å². The predicted octanol–water partition coefficient (Wildman–Crippen LogP) is 2.66. The molecule has 3 rings (SSSR count). The molecule has 0 N–H and O–H groups in total. The lowest BCUT2D eigenvalue weighted by Crippen LogP contribution is -2.40. The fourth-order valence-electron chi connectivity index (χ4n) is 2.94. The molecule has 1 atom stereocenters. The van der Waals surface area contributed by atoms with Gasteiger partial charge in [0, 0.05) is 23.7 Å². The van der Waals surface area contributed by atoms with Crippen molar-refractivity contribution in [1.29, 1.82) is 0 Å². The first kappa shape index (κ1) is 16.6. The average Bonchev–Trinajstić information content (AvgIpc) is 2.94. The molecule has 0 radical (unpaired) electrons. The molecule has 0 aromatic heterocycles. The Balaban J connectivity index is 1.92. The summed E-state index contributed by atoms with van der Waals surface area (Å²) in [5.74, 6) is -0.682. The number of carbonyl (C=O) groups excluding carboxylic acids is 1. The van der Waals surface area contributed by atoms with Gasteiger partial charge < -0.3 is 4.90 Å². The summed E-state index contributed by atoms with van der Waals surface area (Å²) in [6, 6.07) is 14.5. The van der Waals surface area contributed by atoms with Crippen LogP contribution in [0.4, 0.5) is 4.39 Å². The van der Waals surface area contributed by atoms with Gasteiger partial charge in [-0.15, -0.1) is 0 Å². The molecule has 0 bridgehead atoms. The van der Waals surface area contributed by atoms with E-state index in [1.54, 1.807) is 48.5 Å². The maximum Gasteiger partial charge on any atom is 0.254 e. The molecule has 2 aromatic rings. The molecular weight excluding hydrogens is 329 g/mol. The second kappa shape index (κ2) is 6.73. The quantitative estimate of drug-likeness (QED) is 0.854. The number of carbonyl (C=O) groups is 1. The highest BCUT2D eigenvalue weighted by Gasteiger charge is 2.35. The van der Waals surface area contributed by atoms with Crippen LogP contribution in [0.3, 0.4) is 0 Å². The molecule has 6 heteroatoms. The predicted molar refractivity (Wildman–Crippen MR) is 89.8 cm³/mol. The van der Waals surface area contributed by atoms with Crippen LogP contribution < -0.4 is 0 Å². The van der Waals surface area contributed by atoms with Gasteiger partial charge in [-0.1, -0.05) is 36.4 Å². The lowest BCUT2D eigenvalue weighted by Gasteiger charge is -2.28. The van der Waals surface area contributed by atoms with Gasteiger partial charge in [-0.05, 0) is 24.6 Å². The molecule has 4 nitrogen and oxygen atoms in total. The van der Waals surface area contributed by atoms with Crippen LogP contribution in [-0.4, -0.2) is 36.8 Å². The smallest absolute Gasteiger partial charge is 0.254 e. The zero-order valence-corrected chi connectivity index (χ0v) is 13.9. The van der Waals surface area contributed by atoms with Gasteiger partial charge in [0.2, 0.25) is 0 Å². The molecule has 0 unspecified atom stereocenters. The molecule has 1 heterocycles. The van der Waals surface area contributed by atoms with Gasteiger partial charge in [-0.25, -0.2) is 12.8 Å². The zero-order valence-electron chi connectivity index (χ0n) is 13.1. The van der Waals surface area contributed by atoms with E-state index in [1.165, 1.54) is 11.0 Å². The topological polar surface area (TPSA) is 54.5 Å². The maximum atomic E-state index is 14.0. The Hall–Kier alpha value is -2.21. The van der Waals surface area contributed by atoms with Crippen molar-refractivity contribution in [3.63, 3.8) is 0 Å². The fraction of sp³-hybridized carbons (Fsp3) is 0.278. The minimum absolute atomic E-state index is 0.0561. The number of rotatable bonds is 4. The average molecular weight is 347 g/mol. The SMILES string of the molecule is O=C(c1ccccc1)N(Cc1ccccc1F)[C@H]1CCS(=O)(=O)C1. The molecule has 2 aromatic carbocycles. The fourth-order valence-corrected chi connectivity index (χ4v) is 4.68. The van der Waals surface area contributed by atoms with Crippen LogP contribution in [0.5, 0.6) is 0 Å². The van der Waals surface area contributed by atoms with Crippen molar-refractivity contribution >= 4 is 15.7 Å². The molecular formula is C18H18FNO3S. The number of amides is 1. The summed E-state index contributed by atoms with van der Waals surface area (Å²) in [6.07, 6.45) is 0.384. The summed E-state index contributed by atoms with van der Waals surface area (Å²) in [7, 11) is -3.15. The second-order valence-electron chi connectivity index (χ2n) is 5.95. The van der Waals surface area contributed by atoms with Crippen LogP contribution in [-0.2, 0) is 16.4 Å². The van der Waals surface area contributed by atoms with Crippen LogP contribution in [0.1, 0.15) is 22.3 Å². The maximum absolute atomic E-state index is 14.0. The molecule has 1 saturated heterocycles. The van der Waals surface area contributed by atoms with E-state index in [-0.39, 0.29) is 24.0 Å². The van der Waals surface area contributed by atoms with Crippen molar-refractivity contribution in [3.05, 3.63) is 71.5 Å². The molecule has 1 amide bonds. The molecule has 24 heavy (non-hydrogen) atoms. The minimum Gasteiger partial charge on any atom is -0.330 e. The van der Waals surface area contributed by atoms with Gasteiger partial charge in [0.1, 0.15) is 5.82 Å². The minimum atomic E-state index is -3.15. The third-order valence-electron chi connectivity index (χ3n) is 4.23. The number of nitrogens with zero attached hydrogens (tertiary/aromatic N) is 1. The van der Waals surface area contributed by atoms with E-state index in [0.29, 0.717) is 17.5 Å². The Kier molecular flexibility index (Phi) is 4.66. The van der Waals surface area contributed by atoms with Crippen molar-refractivity contribution in [1.82, 2.24) is 4.90 Å². The third-order valence-corrected chi connectivity index (χ3v) is 5.98. The molecule has 0 spiro atoms. The van der Waals surface area contributed by atoms with E-state index in [1.807, 2.05) is 0 Å². The van der Waals surface area contributed by atoms with Crippen LogP contribution in [0.25, 0.3) is 0 Å². The van der Waals surface area contributed by atoms with Gasteiger partial charge in [0.05, 0.1) is 11.5 Å². The third kappa shape index (κ3) is 3.64. The summed E-state index contributed by atoms with van der Waals surface area (Å²) < 4.78 is 37.6.